The van der Waals surface area contributed by atoms with Crippen LogP contribution in [0.1, 0.15) is 10.4 Å². The van der Waals surface area contributed by atoms with Gasteiger partial charge in [-0.05, 0) is 24.3 Å². The second kappa shape index (κ2) is 3.71. The lowest BCUT2D eigenvalue weighted by Gasteiger charge is -2.03. The van der Waals surface area contributed by atoms with Crippen LogP contribution >= 0.6 is 0 Å². The van der Waals surface area contributed by atoms with E-state index < -0.39 is 23.0 Å². The molecule has 0 spiro atoms. The third kappa shape index (κ3) is 1.73. The van der Waals surface area contributed by atoms with E-state index in [1.165, 1.54) is 24.3 Å². The Morgan fingerprint density at radius 3 is 2.24 bits per heavy atom. The van der Waals surface area contributed by atoms with Gasteiger partial charge in [0.2, 0.25) is 5.88 Å². The van der Waals surface area contributed by atoms with Crippen LogP contribution in [0.25, 0.3) is 5.69 Å². The summed E-state index contributed by atoms with van der Waals surface area (Å²) in [4.78, 5) is 22.0. The van der Waals surface area contributed by atoms with Crippen molar-refractivity contribution in [1.82, 2.24) is 9.78 Å². The van der Waals surface area contributed by atoms with Crippen LogP contribution in [0.2, 0.25) is 0 Å². The van der Waals surface area contributed by atoms with Gasteiger partial charge in [-0.2, -0.15) is 0 Å². The van der Waals surface area contributed by atoms with E-state index in [4.69, 9.17) is 10.2 Å². The number of aromatic amines is 1. The average molecular weight is 236 g/mol. The van der Waals surface area contributed by atoms with Gasteiger partial charge in [-0.25, -0.2) is 9.48 Å². The second-order valence-corrected chi connectivity index (χ2v) is 3.30. The Morgan fingerprint density at radius 1 is 1.18 bits per heavy atom. The first-order chi connectivity index (χ1) is 8.00. The number of hydrogen-bond donors (Lipinski definition) is 4. The van der Waals surface area contributed by atoms with Crippen LogP contribution < -0.4 is 5.56 Å². The van der Waals surface area contributed by atoms with Crippen LogP contribution in [0.3, 0.4) is 0 Å². The van der Waals surface area contributed by atoms with E-state index in [2.05, 4.69) is 5.10 Å². The molecule has 1 aromatic carbocycles. The number of aromatic carboxylic acids is 1. The molecule has 0 radical (unpaired) electrons. The van der Waals surface area contributed by atoms with Crippen LogP contribution in [0.5, 0.6) is 11.6 Å². The molecule has 7 nitrogen and oxygen atoms in total. The molecule has 4 N–H and O–H groups in total. The number of hydrogen-bond acceptors (Lipinski definition) is 4. The number of phenolic OH excluding ortho intramolecular Hbond substituents is 1. The molecule has 0 unspecified atom stereocenters. The van der Waals surface area contributed by atoms with Crippen molar-refractivity contribution in [3.05, 3.63) is 40.2 Å². The molecule has 1 aromatic heterocycles. The van der Waals surface area contributed by atoms with E-state index in [-0.39, 0.29) is 5.75 Å². The normalized spacial score (nSPS) is 10.4. The molecule has 88 valence electrons. The minimum absolute atomic E-state index is 0.0150. The molecule has 0 aliphatic heterocycles. The first kappa shape index (κ1) is 10.8. The van der Waals surface area contributed by atoms with E-state index in [9.17, 15) is 14.7 Å². The third-order valence-corrected chi connectivity index (χ3v) is 2.20. The van der Waals surface area contributed by atoms with Gasteiger partial charge in [0.1, 0.15) is 5.75 Å². The molecule has 2 rings (SSSR count). The highest BCUT2D eigenvalue weighted by molar-refractivity contribution is 5.89. The van der Waals surface area contributed by atoms with E-state index >= 15 is 0 Å². The van der Waals surface area contributed by atoms with Crippen LogP contribution in [0.4, 0.5) is 0 Å². The number of rotatable bonds is 2. The van der Waals surface area contributed by atoms with Crippen molar-refractivity contribution >= 4 is 5.97 Å². The standard InChI is InChI=1S/C10H8N2O5/c13-6-3-1-5(2-4-6)12-9(15)7(10(16)17)8(14)11-12/h1-4,13,15H,(H,11,14)(H,16,17). The number of phenols is 1. The number of nitrogens with one attached hydrogen (secondary N) is 1. The molecular formula is C10H8N2O5. The Bertz CT molecular complexity index is 623. The summed E-state index contributed by atoms with van der Waals surface area (Å²) in [5.74, 6) is -2.18. The van der Waals surface area contributed by atoms with Gasteiger partial charge in [-0.15, -0.1) is 0 Å². The number of nitrogens with zero attached hydrogens (tertiary/aromatic N) is 1. The van der Waals surface area contributed by atoms with Crippen molar-refractivity contribution in [2.45, 2.75) is 0 Å². The van der Waals surface area contributed by atoms with E-state index in [1.54, 1.807) is 0 Å². The summed E-state index contributed by atoms with van der Waals surface area (Å²) in [6.45, 7) is 0. The third-order valence-electron chi connectivity index (χ3n) is 2.20. The van der Waals surface area contributed by atoms with Gasteiger partial charge in [0.05, 0.1) is 5.69 Å². The summed E-state index contributed by atoms with van der Waals surface area (Å²) in [6.07, 6.45) is 0. The number of carbonyl (C=O) groups is 1. The van der Waals surface area contributed by atoms with Crippen LogP contribution in [-0.2, 0) is 0 Å². The van der Waals surface area contributed by atoms with E-state index in [0.29, 0.717) is 5.69 Å². The lowest BCUT2D eigenvalue weighted by atomic mass is 10.3. The molecule has 0 saturated heterocycles. The van der Waals surface area contributed by atoms with Gasteiger partial charge in [-0.1, -0.05) is 0 Å². The molecule has 17 heavy (non-hydrogen) atoms. The predicted molar refractivity (Wildman–Crippen MR) is 56.7 cm³/mol. The maximum atomic E-state index is 11.3. The van der Waals surface area contributed by atoms with Crippen LogP contribution in [0, 0.1) is 0 Å². The smallest absolute Gasteiger partial charge is 0.347 e. The zero-order valence-electron chi connectivity index (χ0n) is 8.41. The molecule has 0 saturated carbocycles. The zero-order chi connectivity index (χ0) is 12.6. The SMILES string of the molecule is O=C(O)c1c(O)n(-c2ccc(O)cc2)[nH]c1=O. The summed E-state index contributed by atoms with van der Waals surface area (Å²) in [6, 6.07) is 5.51. The molecule has 0 amide bonds. The summed E-state index contributed by atoms with van der Waals surface area (Å²) in [5, 5.41) is 29.6. The fourth-order valence-electron chi connectivity index (χ4n) is 1.41. The number of H-pyrrole nitrogens is 1. The van der Waals surface area contributed by atoms with Crippen molar-refractivity contribution < 1.29 is 20.1 Å². The number of aromatic hydroxyl groups is 2. The van der Waals surface area contributed by atoms with Crippen molar-refractivity contribution in [3.8, 4) is 17.3 Å². The van der Waals surface area contributed by atoms with Gasteiger partial charge in [-0.3, -0.25) is 9.89 Å². The zero-order valence-corrected chi connectivity index (χ0v) is 8.41. The van der Waals surface area contributed by atoms with Crippen molar-refractivity contribution in [2.75, 3.05) is 0 Å². The number of aromatic nitrogens is 2. The van der Waals surface area contributed by atoms with Gasteiger partial charge in [0.15, 0.2) is 5.56 Å². The molecule has 0 fully saturated rings. The fourth-order valence-corrected chi connectivity index (χ4v) is 1.41. The van der Waals surface area contributed by atoms with Crippen molar-refractivity contribution in [2.24, 2.45) is 0 Å². The number of carboxylic acid groups (broad SMARTS) is 1. The van der Waals surface area contributed by atoms with Gasteiger partial charge >= 0.3 is 5.97 Å². The van der Waals surface area contributed by atoms with Crippen LogP contribution in [-0.4, -0.2) is 31.1 Å². The molecule has 0 aliphatic carbocycles. The molecule has 2 aromatic rings. The first-order valence-corrected chi connectivity index (χ1v) is 4.57. The Kier molecular flexibility index (Phi) is 2.36. The van der Waals surface area contributed by atoms with Gasteiger partial charge < -0.3 is 15.3 Å². The summed E-state index contributed by atoms with van der Waals surface area (Å²) in [7, 11) is 0. The molecule has 7 heteroatoms. The van der Waals surface area contributed by atoms with Crippen molar-refractivity contribution in [1.29, 1.82) is 0 Å². The van der Waals surface area contributed by atoms with Crippen LogP contribution in [0.15, 0.2) is 29.1 Å². The fraction of sp³-hybridized carbons (Fsp3) is 0. The Morgan fingerprint density at radius 2 is 1.76 bits per heavy atom. The average Bonchev–Trinajstić information content (AvgIpc) is 2.55. The minimum Gasteiger partial charge on any atom is -0.508 e. The first-order valence-electron chi connectivity index (χ1n) is 4.57. The topological polar surface area (TPSA) is 116 Å². The molecular weight excluding hydrogens is 228 g/mol. The molecule has 0 bridgehead atoms. The summed E-state index contributed by atoms with van der Waals surface area (Å²) >= 11 is 0. The van der Waals surface area contributed by atoms with E-state index in [1.807, 2.05) is 0 Å². The lowest BCUT2D eigenvalue weighted by molar-refractivity contribution is 0.0692. The van der Waals surface area contributed by atoms with Gasteiger partial charge in [0.25, 0.3) is 5.56 Å². The second-order valence-electron chi connectivity index (χ2n) is 3.30. The predicted octanol–water partition coefficient (Wildman–Crippen LogP) is 0.275. The highest BCUT2D eigenvalue weighted by Crippen LogP contribution is 2.19. The summed E-state index contributed by atoms with van der Waals surface area (Å²) in [5.41, 5.74) is -1.30. The molecule has 0 atom stereocenters. The number of benzene rings is 1. The Balaban J connectivity index is 2.61. The van der Waals surface area contributed by atoms with Crippen molar-refractivity contribution in [3.63, 3.8) is 0 Å². The number of carboxylic acids is 1. The molecule has 1 heterocycles. The quantitative estimate of drug-likeness (QED) is 0.597. The summed E-state index contributed by atoms with van der Waals surface area (Å²) < 4.78 is 0.922. The maximum Gasteiger partial charge on any atom is 0.347 e. The van der Waals surface area contributed by atoms with E-state index in [0.717, 1.165) is 4.68 Å². The highest BCUT2D eigenvalue weighted by Gasteiger charge is 2.21. The Hall–Kier alpha value is -2.70. The Labute approximate surface area is 94.2 Å². The largest absolute Gasteiger partial charge is 0.508 e. The highest BCUT2D eigenvalue weighted by atomic mass is 16.4. The minimum atomic E-state index is -1.51. The molecule has 0 aliphatic rings. The van der Waals surface area contributed by atoms with Gasteiger partial charge in [0, 0.05) is 0 Å². The maximum absolute atomic E-state index is 11.3. The monoisotopic (exact) mass is 236 g/mol. The lowest BCUT2D eigenvalue weighted by Crippen LogP contribution is -2.11.